The Hall–Kier alpha value is -1.47. The van der Waals surface area contributed by atoms with E-state index in [1.54, 1.807) is 41.5 Å². The van der Waals surface area contributed by atoms with Gasteiger partial charge in [-0.05, 0) is 6.26 Å². The van der Waals surface area contributed by atoms with E-state index in [4.69, 9.17) is 73.8 Å². The maximum Gasteiger partial charge on any atom is 0.128 e. The van der Waals surface area contributed by atoms with Crippen LogP contribution in [0.15, 0.2) is 34.0 Å². The molecule has 0 fully saturated rings. The first-order valence-corrected chi connectivity index (χ1v) is 19.7. The Bertz CT molecular complexity index is 841. The van der Waals surface area contributed by atoms with Crippen molar-refractivity contribution in [3.63, 3.8) is 0 Å². The molecule has 0 aromatic rings. The quantitative estimate of drug-likeness (QED) is 0.0171. The summed E-state index contributed by atoms with van der Waals surface area (Å²) in [7, 11) is 0. The normalized spacial score (nSPS) is 12.3. The van der Waals surface area contributed by atoms with E-state index in [0.717, 1.165) is 5.08 Å². The molecule has 0 aliphatic carbocycles. The molecule has 0 bridgehead atoms. The lowest BCUT2D eigenvalue weighted by Gasteiger charge is -2.09. The van der Waals surface area contributed by atoms with Crippen LogP contribution in [0.4, 0.5) is 0 Å². The summed E-state index contributed by atoms with van der Waals surface area (Å²) in [6.45, 7) is 11.0. The van der Waals surface area contributed by atoms with Gasteiger partial charge in [0.05, 0.1) is 164 Å². The van der Waals surface area contributed by atoms with E-state index in [9.17, 15) is 0 Å². The standard InChI is InChI=1S/C32H64N6O12S2/c1-51-30-52-29-37-26-32(24-33)50-23-22-47-17-16-44-11-10-41-7-6-40-5-4-39-3-2-36-25-31(38-35)27-48-20-18-45-14-12-42-8-9-43-13-15-46-19-21-49-28-34/h25-26,29,35-36H,2-24,27-28,30,33-34H2,1H3/b31-25-,32-26+,37-29+,38-35?. The summed E-state index contributed by atoms with van der Waals surface area (Å²) >= 11 is 3.36. The summed E-state index contributed by atoms with van der Waals surface area (Å²) in [5.41, 5.74) is 20.4. The van der Waals surface area contributed by atoms with Gasteiger partial charge in [0.15, 0.2) is 0 Å². The predicted octanol–water partition coefficient (Wildman–Crippen LogP) is 1.45. The molecule has 0 aromatic carbocycles. The van der Waals surface area contributed by atoms with Crippen molar-refractivity contribution in [2.75, 3.05) is 177 Å². The Morgan fingerprint density at radius 1 is 0.596 bits per heavy atom. The predicted molar refractivity (Wildman–Crippen MR) is 202 cm³/mol. The van der Waals surface area contributed by atoms with Crippen molar-refractivity contribution in [3.05, 3.63) is 23.9 Å². The van der Waals surface area contributed by atoms with Crippen LogP contribution in [0.5, 0.6) is 0 Å². The van der Waals surface area contributed by atoms with Gasteiger partial charge in [0, 0.05) is 17.8 Å². The summed E-state index contributed by atoms with van der Waals surface area (Å²) in [6.07, 6.45) is 5.31. The molecule has 306 valence electrons. The van der Waals surface area contributed by atoms with Crippen LogP contribution in [0.3, 0.4) is 0 Å². The molecule has 0 unspecified atom stereocenters. The summed E-state index contributed by atoms with van der Waals surface area (Å²) in [4.78, 5) is 4.16. The molecule has 0 saturated carbocycles. The molecule has 0 aliphatic heterocycles. The van der Waals surface area contributed by atoms with E-state index in [2.05, 4.69) is 15.4 Å². The molecule has 0 rings (SSSR count). The molecular formula is C32H64N6O12S2. The molecule has 0 saturated heterocycles. The highest BCUT2D eigenvalue weighted by molar-refractivity contribution is 8.22. The minimum absolute atomic E-state index is 0.198. The van der Waals surface area contributed by atoms with Gasteiger partial charge in [-0.15, -0.1) is 11.8 Å². The summed E-state index contributed by atoms with van der Waals surface area (Å²) in [5.74, 6) is 0.618. The van der Waals surface area contributed by atoms with E-state index in [1.807, 2.05) is 6.26 Å². The van der Waals surface area contributed by atoms with Gasteiger partial charge in [-0.1, -0.05) is 0 Å². The zero-order valence-electron chi connectivity index (χ0n) is 30.9. The molecule has 0 heterocycles. The van der Waals surface area contributed by atoms with Gasteiger partial charge in [0.25, 0.3) is 0 Å². The first-order valence-electron chi connectivity index (χ1n) is 17.3. The maximum atomic E-state index is 7.29. The van der Waals surface area contributed by atoms with Crippen LogP contribution in [-0.2, 0) is 56.8 Å². The molecule has 0 aliphatic rings. The van der Waals surface area contributed by atoms with E-state index in [1.165, 1.54) is 0 Å². The number of ether oxygens (including phenoxy) is 12. The molecule has 0 aromatic heterocycles. The van der Waals surface area contributed by atoms with E-state index >= 15 is 0 Å². The molecule has 52 heavy (non-hydrogen) atoms. The van der Waals surface area contributed by atoms with Gasteiger partial charge < -0.3 is 73.6 Å². The van der Waals surface area contributed by atoms with Gasteiger partial charge >= 0.3 is 0 Å². The Kier molecular flexibility index (Phi) is 44.4. The molecule has 18 nitrogen and oxygen atoms in total. The van der Waals surface area contributed by atoms with Crippen LogP contribution in [0.2, 0.25) is 0 Å². The number of hydrogen-bond donors (Lipinski definition) is 4. The van der Waals surface area contributed by atoms with E-state index in [-0.39, 0.29) is 19.9 Å². The Labute approximate surface area is 318 Å². The van der Waals surface area contributed by atoms with Crippen molar-refractivity contribution in [1.29, 1.82) is 5.53 Å². The second-order valence-corrected chi connectivity index (χ2v) is 11.9. The highest BCUT2D eigenvalue weighted by atomic mass is 32.2. The summed E-state index contributed by atoms with van der Waals surface area (Å²) < 4.78 is 65.1. The minimum atomic E-state index is 0.198. The zero-order valence-corrected chi connectivity index (χ0v) is 32.5. The average molecular weight is 789 g/mol. The van der Waals surface area contributed by atoms with Crippen LogP contribution in [0, 0.1) is 5.53 Å². The van der Waals surface area contributed by atoms with Crippen molar-refractivity contribution in [3.8, 4) is 0 Å². The fraction of sp³-hybridized carbons (Fsp3) is 0.844. The number of aliphatic imine (C=N–C) groups is 1. The van der Waals surface area contributed by atoms with Gasteiger partial charge in [-0.3, -0.25) is 4.99 Å². The van der Waals surface area contributed by atoms with Crippen molar-refractivity contribution in [2.45, 2.75) is 0 Å². The topological polar surface area (TPSA) is 223 Å². The lowest BCUT2D eigenvalue weighted by atomic mass is 10.5. The first-order chi connectivity index (χ1) is 25.8. The monoisotopic (exact) mass is 788 g/mol. The fourth-order valence-corrected chi connectivity index (χ4v) is 4.24. The Morgan fingerprint density at radius 3 is 1.44 bits per heavy atom. The number of thioether (sulfide) groups is 2. The lowest BCUT2D eigenvalue weighted by Crippen LogP contribution is -2.18. The third-order valence-electron chi connectivity index (χ3n) is 5.78. The largest absolute Gasteiger partial charge is 0.493 e. The van der Waals surface area contributed by atoms with Crippen molar-refractivity contribution >= 4 is 29.1 Å². The van der Waals surface area contributed by atoms with Crippen LogP contribution in [0.25, 0.3) is 0 Å². The molecular weight excluding hydrogens is 725 g/mol. The molecule has 0 atom stereocenters. The lowest BCUT2D eigenvalue weighted by molar-refractivity contribution is -0.0156. The van der Waals surface area contributed by atoms with Gasteiger partial charge in [0.1, 0.15) is 18.1 Å². The van der Waals surface area contributed by atoms with Gasteiger partial charge in [-0.2, -0.15) is 16.9 Å². The van der Waals surface area contributed by atoms with E-state index in [0.29, 0.717) is 157 Å². The minimum Gasteiger partial charge on any atom is -0.493 e. The number of rotatable bonds is 44. The molecule has 6 N–H and O–H groups in total. The first kappa shape index (κ1) is 50.5. The number of nitrogens with two attached hydrogens (primary N) is 2. The second-order valence-electron chi connectivity index (χ2n) is 9.82. The van der Waals surface area contributed by atoms with Crippen molar-refractivity contribution in [1.82, 2.24) is 5.32 Å². The summed E-state index contributed by atoms with van der Waals surface area (Å²) in [6, 6.07) is 0. The molecule has 0 amide bonds. The number of nitrogens with zero attached hydrogens (tertiary/aromatic N) is 2. The Morgan fingerprint density at radius 2 is 1.02 bits per heavy atom. The highest BCUT2D eigenvalue weighted by Gasteiger charge is 1.99. The second kappa shape index (κ2) is 45.7. The summed E-state index contributed by atoms with van der Waals surface area (Å²) in [5, 5.41) is 7.48. The highest BCUT2D eigenvalue weighted by Crippen LogP contribution is 2.05. The third-order valence-corrected chi connectivity index (χ3v) is 7.53. The SMILES string of the molecule is CSCS/C=N/C=C(\CN)OCCOCCOCCOCCOCCOCCN/C=C(/COCCOCCOCCOCCOCCOCN)N=N. The number of hydrogen-bond acceptors (Lipinski definition) is 20. The van der Waals surface area contributed by atoms with Crippen LogP contribution in [0.1, 0.15) is 0 Å². The Balaban J connectivity index is 3.39. The van der Waals surface area contributed by atoms with E-state index < -0.39 is 0 Å². The van der Waals surface area contributed by atoms with Crippen molar-refractivity contribution < 1.29 is 56.8 Å². The molecule has 0 radical (unpaired) electrons. The zero-order chi connectivity index (χ0) is 37.7. The smallest absolute Gasteiger partial charge is 0.128 e. The van der Waals surface area contributed by atoms with Crippen LogP contribution < -0.4 is 16.8 Å². The molecule has 20 heteroatoms. The fourth-order valence-electron chi connectivity index (χ4n) is 3.30. The van der Waals surface area contributed by atoms with Crippen LogP contribution >= 0.6 is 23.5 Å². The maximum absolute atomic E-state index is 7.29. The van der Waals surface area contributed by atoms with Gasteiger partial charge in [-0.25, -0.2) is 5.53 Å². The average Bonchev–Trinajstić information content (AvgIpc) is 3.16. The number of nitrogens with one attached hydrogen (secondary N) is 2. The van der Waals surface area contributed by atoms with Gasteiger partial charge in [0.2, 0.25) is 0 Å². The van der Waals surface area contributed by atoms with Crippen molar-refractivity contribution in [2.24, 2.45) is 21.6 Å². The van der Waals surface area contributed by atoms with Crippen LogP contribution in [-0.4, -0.2) is 182 Å². The molecule has 0 spiro atoms. The third kappa shape index (κ3) is 41.3.